The van der Waals surface area contributed by atoms with E-state index in [4.69, 9.17) is 5.73 Å². The zero-order chi connectivity index (χ0) is 10.1. The molecule has 1 atom stereocenters. The van der Waals surface area contributed by atoms with E-state index in [1.165, 1.54) is 12.8 Å². The molecule has 2 aliphatic rings. The lowest BCUT2D eigenvalue weighted by Crippen LogP contribution is -2.43. The van der Waals surface area contributed by atoms with Crippen molar-refractivity contribution < 1.29 is 4.79 Å². The van der Waals surface area contributed by atoms with Crippen LogP contribution in [-0.2, 0) is 4.79 Å². The Morgan fingerprint density at radius 1 is 1.21 bits per heavy atom. The van der Waals surface area contributed by atoms with Crippen LogP contribution in [0.2, 0.25) is 0 Å². The number of carbonyl (C=O) groups is 1. The third-order valence-corrected chi connectivity index (χ3v) is 3.70. The molecule has 14 heavy (non-hydrogen) atoms. The molecule has 0 aromatic carbocycles. The Labute approximate surface area is 85.6 Å². The molecule has 3 nitrogen and oxygen atoms in total. The second kappa shape index (κ2) is 3.89. The van der Waals surface area contributed by atoms with Gasteiger partial charge in [0, 0.05) is 26.1 Å². The fourth-order valence-electron chi connectivity index (χ4n) is 2.47. The molecule has 0 spiro atoms. The fraction of sp³-hybridized carbons (Fsp3) is 0.909. The number of nitrogens with two attached hydrogens (primary N) is 1. The molecule has 1 saturated carbocycles. The molecular formula is C11H20N2O. The summed E-state index contributed by atoms with van der Waals surface area (Å²) in [6.07, 6.45) is 4.87. The molecular weight excluding hydrogens is 176 g/mol. The number of hydrogen-bond acceptors (Lipinski definition) is 2. The van der Waals surface area contributed by atoms with Crippen molar-refractivity contribution in [3.8, 4) is 0 Å². The largest absolute Gasteiger partial charge is 0.343 e. The molecule has 2 fully saturated rings. The van der Waals surface area contributed by atoms with Gasteiger partial charge in [0.25, 0.3) is 0 Å². The van der Waals surface area contributed by atoms with Crippen molar-refractivity contribution in [2.45, 2.75) is 38.6 Å². The summed E-state index contributed by atoms with van der Waals surface area (Å²) in [5.41, 5.74) is 6.17. The predicted octanol–water partition coefficient (Wildman–Crippen LogP) is 0.982. The van der Waals surface area contributed by atoms with Crippen LogP contribution in [0, 0.1) is 11.8 Å². The van der Waals surface area contributed by atoms with Crippen LogP contribution in [0.25, 0.3) is 0 Å². The van der Waals surface area contributed by atoms with Crippen LogP contribution in [0.5, 0.6) is 0 Å². The standard InChI is InChI=1S/C11H20N2O/c1-8(14)13-6-4-10(5-7-13)11(12)9-2-3-9/h9-11H,2-7,12H2,1H3. The molecule has 0 aromatic heterocycles. The summed E-state index contributed by atoms with van der Waals surface area (Å²) < 4.78 is 0. The Hall–Kier alpha value is -0.570. The van der Waals surface area contributed by atoms with E-state index in [1.807, 2.05) is 4.90 Å². The summed E-state index contributed by atoms with van der Waals surface area (Å²) in [6, 6.07) is 0.407. The zero-order valence-electron chi connectivity index (χ0n) is 8.91. The highest BCUT2D eigenvalue weighted by molar-refractivity contribution is 5.73. The van der Waals surface area contributed by atoms with Crippen LogP contribution < -0.4 is 5.73 Å². The second-order valence-corrected chi connectivity index (χ2v) is 4.76. The van der Waals surface area contributed by atoms with Gasteiger partial charge in [0.15, 0.2) is 0 Å². The van der Waals surface area contributed by atoms with Crippen molar-refractivity contribution >= 4 is 5.91 Å². The molecule has 0 radical (unpaired) electrons. The maximum Gasteiger partial charge on any atom is 0.219 e. The van der Waals surface area contributed by atoms with Gasteiger partial charge in [-0.1, -0.05) is 0 Å². The Morgan fingerprint density at radius 3 is 2.14 bits per heavy atom. The highest BCUT2D eigenvalue weighted by atomic mass is 16.2. The van der Waals surface area contributed by atoms with Crippen molar-refractivity contribution in [1.82, 2.24) is 4.90 Å². The van der Waals surface area contributed by atoms with Crippen molar-refractivity contribution in [2.24, 2.45) is 17.6 Å². The van der Waals surface area contributed by atoms with E-state index in [0.29, 0.717) is 12.0 Å². The van der Waals surface area contributed by atoms with E-state index >= 15 is 0 Å². The average Bonchev–Trinajstić information content (AvgIpc) is 3.00. The van der Waals surface area contributed by atoms with E-state index in [2.05, 4.69) is 0 Å². The monoisotopic (exact) mass is 196 g/mol. The first-order valence-corrected chi connectivity index (χ1v) is 5.69. The Balaban J connectivity index is 1.80. The van der Waals surface area contributed by atoms with Gasteiger partial charge in [0.1, 0.15) is 0 Å². The maximum absolute atomic E-state index is 11.1. The maximum atomic E-state index is 11.1. The van der Waals surface area contributed by atoms with Gasteiger partial charge in [0.05, 0.1) is 0 Å². The lowest BCUT2D eigenvalue weighted by molar-refractivity contribution is -0.130. The zero-order valence-corrected chi connectivity index (χ0v) is 8.91. The summed E-state index contributed by atoms with van der Waals surface area (Å²) >= 11 is 0. The SMILES string of the molecule is CC(=O)N1CCC(C(N)C2CC2)CC1. The molecule has 1 amide bonds. The number of hydrogen-bond donors (Lipinski definition) is 1. The Morgan fingerprint density at radius 2 is 1.71 bits per heavy atom. The first-order chi connectivity index (χ1) is 6.68. The summed E-state index contributed by atoms with van der Waals surface area (Å²) in [6.45, 7) is 3.49. The fourth-order valence-corrected chi connectivity index (χ4v) is 2.47. The average molecular weight is 196 g/mol. The minimum atomic E-state index is 0.212. The van der Waals surface area contributed by atoms with Gasteiger partial charge >= 0.3 is 0 Å². The van der Waals surface area contributed by atoms with Crippen LogP contribution >= 0.6 is 0 Å². The van der Waals surface area contributed by atoms with E-state index in [9.17, 15) is 4.79 Å². The smallest absolute Gasteiger partial charge is 0.219 e. The first-order valence-electron chi connectivity index (χ1n) is 5.69. The number of rotatable bonds is 2. The third kappa shape index (κ3) is 2.08. The van der Waals surface area contributed by atoms with Gasteiger partial charge < -0.3 is 10.6 Å². The number of nitrogens with zero attached hydrogens (tertiary/aromatic N) is 1. The summed E-state index contributed by atoms with van der Waals surface area (Å²) in [4.78, 5) is 13.1. The van der Waals surface area contributed by atoms with Gasteiger partial charge in [-0.05, 0) is 37.5 Å². The molecule has 2 N–H and O–H groups in total. The lowest BCUT2D eigenvalue weighted by atomic mass is 9.87. The van der Waals surface area contributed by atoms with E-state index in [1.54, 1.807) is 6.92 Å². The van der Waals surface area contributed by atoms with Gasteiger partial charge in [-0.25, -0.2) is 0 Å². The third-order valence-electron chi connectivity index (χ3n) is 3.70. The highest BCUT2D eigenvalue weighted by Gasteiger charge is 2.35. The molecule has 1 unspecified atom stereocenters. The molecule has 80 valence electrons. The molecule has 3 heteroatoms. The predicted molar refractivity (Wildman–Crippen MR) is 55.7 cm³/mol. The highest BCUT2D eigenvalue weighted by Crippen LogP contribution is 2.37. The normalized spacial score (nSPS) is 26.3. The van der Waals surface area contributed by atoms with Crippen LogP contribution in [0.1, 0.15) is 32.6 Å². The van der Waals surface area contributed by atoms with Gasteiger partial charge in [0.2, 0.25) is 5.91 Å². The van der Waals surface area contributed by atoms with Gasteiger partial charge in [-0.15, -0.1) is 0 Å². The minimum absolute atomic E-state index is 0.212. The Bertz CT molecular complexity index is 217. The van der Waals surface area contributed by atoms with E-state index < -0.39 is 0 Å². The molecule has 1 aliphatic heterocycles. The van der Waals surface area contributed by atoms with E-state index in [0.717, 1.165) is 31.8 Å². The van der Waals surface area contributed by atoms with Crippen molar-refractivity contribution in [2.75, 3.05) is 13.1 Å². The van der Waals surface area contributed by atoms with Crippen LogP contribution in [0.3, 0.4) is 0 Å². The van der Waals surface area contributed by atoms with Gasteiger partial charge in [-0.2, -0.15) is 0 Å². The van der Waals surface area contributed by atoms with Crippen LogP contribution in [0.15, 0.2) is 0 Å². The lowest BCUT2D eigenvalue weighted by Gasteiger charge is -2.34. The number of amides is 1. The Kier molecular flexibility index (Phi) is 2.77. The summed E-state index contributed by atoms with van der Waals surface area (Å²) in [5.74, 6) is 1.67. The molecule has 1 aliphatic carbocycles. The van der Waals surface area contributed by atoms with Crippen molar-refractivity contribution in [3.63, 3.8) is 0 Å². The van der Waals surface area contributed by atoms with Crippen molar-refractivity contribution in [1.29, 1.82) is 0 Å². The molecule has 2 rings (SSSR count). The molecule has 1 saturated heterocycles. The van der Waals surface area contributed by atoms with E-state index in [-0.39, 0.29) is 5.91 Å². The molecule has 1 heterocycles. The number of likely N-dealkylation sites (tertiary alicyclic amines) is 1. The first kappa shape index (κ1) is 9.97. The van der Waals surface area contributed by atoms with Crippen LogP contribution in [0.4, 0.5) is 0 Å². The minimum Gasteiger partial charge on any atom is -0.343 e. The number of piperidine rings is 1. The quantitative estimate of drug-likeness (QED) is 0.715. The molecule has 0 bridgehead atoms. The van der Waals surface area contributed by atoms with Gasteiger partial charge in [-0.3, -0.25) is 4.79 Å². The molecule has 0 aromatic rings. The number of carbonyl (C=O) groups excluding carboxylic acids is 1. The summed E-state index contributed by atoms with van der Waals surface area (Å²) in [7, 11) is 0. The topological polar surface area (TPSA) is 46.3 Å². The second-order valence-electron chi connectivity index (χ2n) is 4.76. The van der Waals surface area contributed by atoms with Crippen LogP contribution in [-0.4, -0.2) is 29.9 Å². The summed E-state index contributed by atoms with van der Waals surface area (Å²) in [5, 5.41) is 0. The van der Waals surface area contributed by atoms with Crippen molar-refractivity contribution in [3.05, 3.63) is 0 Å².